The minimum atomic E-state index is 0.168. The Labute approximate surface area is 103 Å². The Morgan fingerprint density at radius 1 is 1.50 bits per heavy atom. The zero-order valence-corrected chi connectivity index (χ0v) is 10.3. The molecule has 1 saturated carbocycles. The van der Waals surface area contributed by atoms with Gasteiger partial charge in [0.2, 0.25) is 0 Å². The lowest BCUT2D eigenvalue weighted by Crippen LogP contribution is -2.42. The van der Waals surface area contributed by atoms with E-state index in [1.165, 1.54) is 24.2 Å². The number of rotatable bonds is 2. The van der Waals surface area contributed by atoms with Gasteiger partial charge in [-0.3, -0.25) is 0 Å². The molecule has 0 spiro atoms. The Hall–Kier alpha value is -0.830. The highest BCUT2D eigenvalue weighted by Gasteiger charge is 2.22. The zero-order chi connectivity index (χ0) is 11.5. The molecule has 1 fully saturated rings. The maximum atomic E-state index is 8.77. The first-order valence-electron chi connectivity index (χ1n) is 5.29. The molecule has 0 bridgehead atoms. The highest BCUT2D eigenvalue weighted by atomic mass is 35.5. The second-order valence-electron chi connectivity index (χ2n) is 3.95. The van der Waals surface area contributed by atoms with Crippen LogP contribution in [0.15, 0.2) is 0 Å². The van der Waals surface area contributed by atoms with Crippen LogP contribution < -0.4 is 11.1 Å². The molecule has 0 saturated heterocycles. The van der Waals surface area contributed by atoms with Crippen molar-refractivity contribution in [1.29, 1.82) is 5.26 Å². The molecule has 2 rings (SSSR count). The molecule has 3 N–H and O–H groups in total. The number of thiazole rings is 1. The number of nitrogens with two attached hydrogens (primary N) is 1. The van der Waals surface area contributed by atoms with Gasteiger partial charge in [0.05, 0.1) is 0 Å². The van der Waals surface area contributed by atoms with Crippen molar-refractivity contribution in [3.63, 3.8) is 0 Å². The maximum Gasteiger partial charge on any atom is 0.185 e. The number of aromatic nitrogens is 1. The molecule has 86 valence electrons. The van der Waals surface area contributed by atoms with Crippen molar-refractivity contribution in [3.8, 4) is 6.07 Å². The first kappa shape index (κ1) is 11.6. The fraction of sp³-hybridized carbons (Fsp3) is 0.600. The molecule has 0 radical (unpaired) electrons. The molecule has 4 nitrogen and oxygen atoms in total. The van der Waals surface area contributed by atoms with E-state index < -0.39 is 0 Å². The largest absolute Gasteiger partial charge is 0.357 e. The van der Waals surface area contributed by atoms with Crippen LogP contribution in [0.1, 0.15) is 30.6 Å². The van der Waals surface area contributed by atoms with Crippen molar-refractivity contribution < 1.29 is 0 Å². The van der Waals surface area contributed by atoms with Crippen LogP contribution in [0, 0.1) is 11.3 Å². The minimum absolute atomic E-state index is 0.168. The molecule has 2 unspecified atom stereocenters. The van der Waals surface area contributed by atoms with E-state index >= 15 is 0 Å². The van der Waals surface area contributed by atoms with E-state index in [4.69, 9.17) is 22.6 Å². The van der Waals surface area contributed by atoms with Gasteiger partial charge in [0.15, 0.2) is 10.3 Å². The number of nitrogens with zero attached hydrogens (tertiary/aromatic N) is 2. The fourth-order valence-corrected chi connectivity index (χ4v) is 2.94. The first-order chi connectivity index (χ1) is 7.70. The number of nitriles is 1. The number of hydrogen-bond donors (Lipinski definition) is 2. The lowest BCUT2D eigenvalue weighted by Gasteiger charge is -2.28. The molecular formula is C10H13ClN4S. The number of halogens is 1. The highest BCUT2D eigenvalue weighted by Crippen LogP contribution is 2.28. The summed E-state index contributed by atoms with van der Waals surface area (Å²) in [7, 11) is 0. The van der Waals surface area contributed by atoms with Crippen LogP contribution in [0.5, 0.6) is 0 Å². The van der Waals surface area contributed by atoms with Crippen molar-refractivity contribution in [1.82, 2.24) is 4.98 Å². The van der Waals surface area contributed by atoms with E-state index in [1.807, 2.05) is 6.07 Å². The van der Waals surface area contributed by atoms with Gasteiger partial charge >= 0.3 is 0 Å². The van der Waals surface area contributed by atoms with Crippen LogP contribution in [0.25, 0.3) is 0 Å². The van der Waals surface area contributed by atoms with Gasteiger partial charge in [-0.05, 0) is 12.8 Å². The van der Waals surface area contributed by atoms with Gasteiger partial charge in [0.25, 0.3) is 0 Å². The van der Waals surface area contributed by atoms with E-state index in [-0.39, 0.29) is 17.2 Å². The predicted molar refractivity (Wildman–Crippen MR) is 65.7 cm³/mol. The average Bonchev–Trinajstić information content (AvgIpc) is 2.62. The van der Waals surface area contributed by atoms with Gasteiger partial charge in [-0.1, -0.05) is 35.8 Å². The third-order valence-corrected chi connectivity index (χ3v) is 4.09. The Kier molecular flexibility index (Phi) is 3.64. The normalized spacial score (nSPS) is 25.1. The molecule has 1 aromatic rings. The van der Waals surface area contributed by atoms with Crippen molar-refractivity contribution in [2.75, 3.05) is 5.32 Å². The summed E-state index contributed by atoms with van der Waals surface area (Å²) in [5, 5.41) is 13.0. The van der Waals surface area contributed by atoms with Crippen molar-refractivity contribution in [2.45, 2.75) is 37.8 Å². The van der Waals surface area contributed by atoms with Crippen LogP contribution in [-0.4, -0.2) is 17.1 Å². The lowest BCUT2D eigenvalue weighted by molar-refractivity contribution is 0.404. The van der Waals surface area contributed by atoms with E-state index in [2.05, 4.69) is 10.3 Å². The van der Waals surface area contributed by atoms with Gasteiger partial charge in [0.1, 0.15) is 10.9 Å². The third kappa shape index (κ3) is 2.46. The molecule has 0 aliphatic heterocycles. The Balaban J connectivity index is 2.05. The average molecular weight is 257 g/mol. The second-order valence-corrected chi connectivity index (χ2v) is 5.31. The van der Waals surface area contributed by atoms with Gasteiger partial charge in [-0.15, -0.1) is 0 Å². The molecule has 1 heterocycles. The summed E-state index contributed by atoms with van der Waals surface area (Å²) >= 11 is 7.09. The van der Waals surface area contributed by atoms with Crippen LogP contribution in [0.2, 0.25) is 5.15 Å². The molecule has 6 heteroatoms. The molecule has 16 heavy (non-hydrogen) atoms. The van der Waals surface area contributed by atoms with Crippen LogP contribution in [0.4, 0.5) is 5.13 Å². The quantitative estimate of drug-likeness (QED) is 0.852. The molecule has 1 aromatic heterocycles. The number of hydrogen-bond acceptors (Lipinski definition) is 5. The van der Waals surface area contributed by atoms with Crippen molar-refractivity contribution in [3.05, 3.63) is 10.0 Å². The Morgan fingerprint density at radius 3 is 2.88 bits per heavy atom. The van der Waals surface area contributed by atoms with Crippen LogP contribution in [0.3, 0.4) is 0 Å². The SMILES string of the molecule is N#Cc1sc(NC2CCCCC2N)nc1Cl. The van der Waals surface area contributed by atoms with Crippen molar-refractivity contribution in [2.24, 2.45) is 5.73 Å². The first-order valence-corrected chi connectivity index (χ1v) is 6.48. The zero-order valence-electron chi connectivity index (χ0n) is 8.74. The molecule has 2 atom stereocenters. The maximum absolute atomic E-state index is 8.77. The summed E-state index contributed by atoms with van der Waals surface area (Å²) in [4.78, 5) is 4.56. The van der Waals surface area contributed by atoms with Gasteiger partial charge in [-0.25, -0.2) is 4.98 Å². The van der Waals surface area contributed by atoms with E-state index in [0.29, 0.717) is 10.0 Å². The van der Waals surface area contributed by atoms with E-state index in [1.54, 1.807) is 0 Å². The summed E-state index contributed by atoms with van der Waals surface area (Å²) < 4.78 is 0. The lowest BCUT2D eigenvalue weighted by atomic mass is 9.91. The smallest absolute Gasteiger partial charge is 0.185 e. The molecule has 1 aliphatic rings. The highest BCUT2D eigenvalue weighted by molar-refractivity contribution is 7.16. The molecule has 0 amide bonds. The Bertz CT molecular complexity index is 411. The fourth-order valence-electron chi connectivity index (χ4n) is 1.93. The van der Waals surface area contributed by atoms with Crippen molar-refractivity contribution >= 4 is 28.1 Å². The van der Waals surface area contributed by atoms with Gasteiger partial charge in [-0.2, -0.15) is 5.26 Å². The summed E-state index contributed by atoms with van der Waals surface area (Å²) in [5.41, 5.74) is 6.02. The standard InChI is InChI=1S/C10H13ClN4S/c11-9-8(5-12)16-10(15-9)14-7-4-2-1-3-6(7)13/h6-7H,1-4,13H2,(H,14,15). The summed E-state index contributed by atoms with van der Waals surface area (Å²) in [5.74, 6) is 0. The molecule has 0 aromatic carbocycles. The second kappa shape index (κ2) is 5.00. The molecule has 1 aliphatic carbocycles. The van der Waals surface area contributed by atoms with Crippen LogP contribution >= 0.6 is 22.9 Å². The Morgan fingerprint density at radius 2 is 2.25 bits per heavy atom. The molecular weight excluding hydrogens is 244 g/mol. The van der Waals surface area contributed by atoms with Gasteiger partial charge < -0.3 is 11.1 Å². The van der Waals surface area contributed by atoms with E-state index in [0.717, 1.165) is 12.8 Å². The summed E-state index contributed by atoms with van der Waals surface area (Å²) in [6.07, 6.45) is 4.49. The number of anilines is 1. The van der Waals surface area contributed by atoms with Crippen LogP contribution in [-0.2, 0) is 0 Å². The summed E-state index contributed by atoms with van der Waals surface area (Å²) in [6, 6.07) is 2.44. The monoisotopic (exact) mass is 256 g/mol. The topological polar surface area (TPSA) is 74.7 Å². The number of nitrogens with one attached hydrogen (secondary N) is 1. The van der Waals surface area contributed by atoms with E-state index in [9.17, 15) is 0 Å². The predicted octanol–water partition coefficient (Wildman–Crippen LogP) is 2.35. The minimum Gasteiger partial charge on any atom is -0.357 e. The third-order valence-electron chi connectivity index (χ3n) is 2.82. The van der Waals surface area contributed by atoms with Gasteiger partial charge in [0, 0.05) is 12.1 Å². The summed E-state index contributed by atoms with van der Waals surface area (Å²) in [6.45, 7) is 0.